The Morgan fingerprint density at radius 3 is 2.62 bits per heavy atom. The summed E-state index contributed by atoms with van der Waals surface area (Å²) in [7, 11) is 4.05. The van der Waals surface area contributed by atoms with Crippen molar-refractivity contribution in [1.82, 2.24) is 10.2 Å². The first-order chi connectivity index (χ1) is 9.97. The molecule has 1 aliphatic rings. The number of rotatable bonds is 5. The minimum Gasteiger partial charge on any atom is -0.381 e. The number of carbonyl (C=O) groups is 1. The van der Waals surface area contributed by atoms with Crippen LogP contribution in [-0.2, 0) is 4.79 Å². The second kappa shape index (κ2) is 6.80. The number of hydrogen-bond acceptors (Lipinski definition) is 4. The molecule has 2 unspecified atom stereocenters. The highest BCUT2D eigenvalue weighted by Crippen LogP contribution is 2.25. The Kier molecular flexibility index (Phi) is 5.07. The molecule has 5 nitrogen and oxygen atoms in total. The van der Waals surface area contributed by atoms with Crippen LogP contribution < -0.4 is 16.0 Å². The Balaban J connectivity index is 1.98. The molecule has 21 heavy (non-hydrogen) atoms. The lowest BCUT2D eigenvalue weighted by Gasteiger charge is -2.31. The molecule has 0 spiro atoms. The average molecular weight is 290 g/mol. The van der Waals surface area contributed by atoms with Crippen LogP contribution in [0.5, 0.6) is 0 Å². The van der Waals surface area contributed by atoms with Crippen LogP contribution in [0.15, 0.2) is 24.3 Å². The minimum atomic E-state index is -0.233. The Labute approximate surface area is 127 Å². The lowest BCUT2D eigenvalue weighted by Crippen LogP contribution is -2.52. The Morgan fingerprint density at radius 1 is 1.33 bits per heavy atom. The van der Waals surface area contributed by atoms with E-state index in [1.54, 1.807) is 0 Å². The molecule has 0 aliphatic carbocycles. The van der Waals surface area contributed by atoms with Gasteiger partial charge in [0.05, 0.1) is 11.4 Å². The van der Waals surface area contributed by atoms with Crippen molar-refractivity contribution >= 4 is 17.3 Å². The fraction of sp³-hybridized carbons (Fsp3) is 0.562. The van der Waals surface area contributed by atoms with E-state index in [2.05, 4.69) is 34.7 Å². The van der Waals surface area contributed by atoms with E-state index in [-0.39, 0.29) is 18.0 Å². The molecular formula is C16H26N4O. The number of amides is 1. The monoisotopic (exact) mass is 290 g/mol. The molecule has 1 aromatic rings. The van der Waals surface area contributed by atoms with Gasteiger partial charge in [0.25, 0.3) is 0 Å². The Morgan fingerprint density at radius 2 is 2.00 bits per heavy atom. The van der Waals surface area contributed by atoms with Crippen molar-refractivity contribution in [2.75, 3.05) is 37.8 Å². The van der Waals surface area contributed by atoms with Gasteiger partial charge in [-0.2, -0.15) is 0 Å². The smallest absolute Gasteiger partial charge is 0.244 e. The van der Waals surface area contributed by atoms with Crippen molar-refractivity contribution in [3.63, 3.8) is 0 Å². The number of likely N-dealkylation sites (N-methyl/N-ethyl adjacent to an activating group) is 1. The molecule has 2 rings (SSSR count). The predicted octanol–water partition coefficient (Wildman–Crippen LogP) is 1.59. The maximum Gasteiger partial charge on any atom is 0.244 e. The standard InChI is InChI=1S/C16H26N4O/c1-11(2)15(10-20(3)4)19-16(21)14-9-17-12-7-5-6-8-13(12)18-14/h5-8,11,14-15,17-18H,9-10H2,1-4H3,(H,19,21). The lowest BCUT2D eigenvalue weighted by atomic mass is 10.0. The highest BCUT2D eigenvalue weighted by Gasteiger charge is 2.26. The van der Waals surface area contributed by atoms with E-state index in [4.69, 9.17) is 0 Å². The van der Waals surface area contributed by atoms with E-state index in [1.165, 1.54) is 0 Å². The number of anilines is 2. The SMILES string of the molecule is CC(C)C(CN(C)C)NC(=O)C1CNc2ccccc2N1. The summed E-state index contributed by atoms with van der Waals surface area (Å²) in [6.07, 6.45) is 0. The van der Waals surface area contributed by atoms with E-state index in [9.17, 15) is 4.79 Å². The third-order valence-electron chi connectivity index (χ3n) is 3.76. The minimum absolute atomic E-state index is 0.0533. The first kappa shape index (κ1) is 15.6. The first-order valence-corrected chi connectivity index (χ1v) is 7.52. The second-order valence-corrected chi connectivity index (χ2v) is 6.24. The average Bonchev–Trinajstić information content (AvgIpc) is 2.45. The summed E-state index contributed by atoms with van der Waals surface area (Å²) in [4.78, 5) is 14.6. The van der Waals surface area contributed by atoms with Crippen molar-refractivity contribution in [1.29, 1.82) is 0 Å². The zero-order chi connectivity index (χ0) is 15.4. The highest BCUT2D eigenvalue weighted by atomic mass is 16.2. The maximum absolute atomic E-state index is 12.5. The van der Waals surface area contributed by atoms with Gasteiger partial charge in [-0.25, -0.2) is 0 Å². The van der Waals surface area contributed by atoms with Gasteiger partial charge in [-0.3, -0.25) is 4.79 Å². The van der Waals surface area contributed by atoms with E-state index >= 15 is 0 Å². The summed E-state index contributed by atoms with van der Waals surface area (Å²) in [5.74, 6) is 0.456. The molecular weight excluding hydrogens is 264 g/mol. The van der Waals surface area contributed by atoms with E-state index in [0.29, 0.717) is 12.5 Å². The normalized spacial score (nSPS) is 18.7. The van der Waals surface area contributed by atoms with Gasteiger partial charge in [-0.05, 0) is 32.1 Å². The molecule has 116 valence electrons. The number of carbonyl (C=O) groups excluding carboxylic acids is 1. The van der Waals surface area contributed by atoms with Gasteiger partial charge in [0.2, 0.25) is 5.91 Å². The Hall–Kier alpha value is -1.75. The van der Waals surface area contributed by atoms with E-state index in [1.807, 2.05) is 38.4 Å². The van der Waals surface area contributed by atoms with Crippen LogP contribution in [0.25, 0.3) is 0 Å². The second-order valence-electron chi connectivity index (χ2n) is 6.24. The van der Waals surface area contributed by atoms with Crippen LogP contribution in [0.4, 0.5) is 11.4 Å². The first-order valence-electron chi connectivity index (χ1n) is 7.52. The molecule has 5 heteroatoms. The summed E-state index contributed by atoms with van der Waals surface area (Å²) in [6, 6.07) is 7.88. The fourth-order valence-corrected chi connectivity index (χ4v) is 2.47. The number of para-hydroxylation sites is 2. The van der Waals surface area contributed by atoms with Gasteiger partial charge in [0, 0.05) is 19.1 Å². The lowest BCUT2D eigenvalue weighted by molar-refractivity contribution is -0.122. The summed E-state index contributed by atoms with van der Waals surface area (Å²) in [5.41, 5.74) is 2.04. The summed E-state index contributed by atoms with van der Waals surface area (Å²) in [5, 5.41) is 9.77. The van der Waals surface area contributed by atoms with Crippen LogP contribution in [0.2, 0.25) is 0 Å². The molecule has 0 aromatic heterocycles. The van der Waals surface area contributed by atoms with Crippen LogP contribution in [-0.4, -0.2) is 50.1 Å². The molecule has 1 aromatic carbocycles. The van der Waals surface area contributed by atoms with Gasteiger partial charge in [-0.1, -0.05) is 26.0 Å². The largest absolute Gasteiger partial charge is 0.381 e. The van der Waals surface area contributed by atoms with Crippen molar-refractivity contribution < 1.29 is 4.79 Å². The van der Waals surface area contributed by atoms with Crippen molar-refractivity contribution in [3.8, 4) is 0 Å². The summed E-state index contributed by atoms with van der Waals surface area (Å²) >= 11 is 0. The van der Waals surface area contributed by atoms with E-state index in [0.717, 1.165) is 17.9 Å². The quantitative estimate of drug-likeness (QED) is 0.771. The van der Waals surface area contributed by atoms with E-state index < -0.39 is 0 Å². The fourth-order valence-electron chi connectivity index (χ4n) is 2.47. The molecule has 0 saturated heterocycles. The molecule has 0 radical (unpaired) electrons. The van der Waals surface area contributed by atoms with Crippen molar-refractivity contribution in [2.24, 2.45) is 5.92 Å². The summed E-state index contributed by atoms with van der Waals surface area (Å²) in [6.45, 7) is 5.72. The topological polar surface area (TPSA) is 56.4 Å². The van der Waals surface area contributed by atoms with Crippen LogP contribution in [0, 0.1) is 5.92 Å². The molecule has 2 atom stereocenters. The molecule has 1 amide bonds. The van der Waals surface area contributed by atoms with Gasteiger partial charge < -0.3 is 20.9 Å². The van der Waals surface area contributed by atoms with Gasteiger partial charge in [0.15, 0.2) is 0 Å². The zero-order valence-corrected chi connectivity index (χ0v) is 13.3. The number of hydrogen-bond donors (Lipinski definition) is 3. The van der Waals surface area contributed by atoms with Crippen LogP contribution in [0.3, 0.4) is 0 Å². The number of nitrogens with one attached hydrogen (secondary N) is 3. The van der Waals surface area contributed by atoms with Gasteiger partial charge in [0.1, 0.15) is 6.04 Å². The summed E-state index contributed by atoms with van der Waals surface area (Å²) < 4.78 is 0. The number of benzene rings is 1. The molecule has 1 aliphatic heterocycles. The van der Waals surface area contributed by atoms with Crippen molar-refractivity contribution in [2.45, 2.75) is 25.9 Å². The maximum atomic E-state index is 12.5. The molecule has 3 N–H and O–H groups in total. The zero-order valence-electron chi connectivity index (χ0n) is 13.3. The molecule has 0 fully saturated rings. The van der Waals surface area contributed by atoms with Crippen molar-refractivity contribution in [3.05, 3.63) is 24.3 Å². The third-order valence-corrected chi connectivity index (χ3v) is 3.76. The third kappa shape index (κ3) is 4.11. The predicted molar refractivity (Wildman–Crippen MR) is 87.7 cm³/mol. The Bertz CT molecular complexity index is 487. The number of fused-ring (bicyclic) bond motifs is 1. The van der Waals surface area contributed by atoms with Crippen LogP contribution >= 0.6 is 0 Å². The van der Waals surface area contributed by atoms with Gasteiger partial charge >= 0.3 is 0 Å². The highest BCUT2D eigenvalue weighted by molar-refractivity contribution is 5.88. The number of nitrogens with zero attached hydrogens (tertiary/aromatic N) is 1. The van der Waals surface area contributed by atoms with Gasteiger partial charge in [-0.15, -0.1) is 0 Å². The molecule has 0 bridgehead atoms. The molecule has 1 heterocycles. The van der Waals surface area contributed by atoms with Crippen LogP contribution in [0.1, 0.15) is 13.8 Å². The molecule has 0 saturated carbocycles.